The largest absolute Gasteiger partial charge is 0.313 e. The summed E-state index contributed by atoms with van der Waals surface area (Å²) in [5.74, 6) is -1.02. The van der Waals surface area contributed by atoms with Crippen LogP contribution in [-0.2, 0) is 13.5 Å². The maximum absolute atomic E-state index is 13.7. The molecule has 1 heterocycles. The van der Waals surface area contributed by atoms with Gasteiger partial charge in [-0.15, -0.1) is 0 Å². The van der Waals surface area contributed by atoms with Crippen LogP contribution < -0.4 is 5.32 Å². The molecule has 0 radical (unpaired) electrons. The van der Waals surface area contributed by atoms with Crippen molar-refractivity contribution in [1.29, 1.82) is 0 Å². The molecule has 0 amide bonds. The van der Waals surface area contributed by atoms with E-state index < -0.39 is 11.6 Å². The van der Waals surface area contributed by atoms with Crippen molar-refractivity contribution in [2.24, 2.45) is 7.05 Å². The van der Waals surface area contributed by atoms with E-state index in [2.05, 4.69) is 10.4 Å². The van der Waals surface area contributed by atoms with Gasteiger partial charge in [0.25, 0.3) is 0 Å². The predicted octanol–water partition coefficient (Wildman–Crippen LogP) is 2.51. The Morgan fingerprint density at radius 2 is 1.95 bits per heavy atom. The van der Waals surface area contributed by atoms with Gasteiger partial charge >= 0.3 is 0 Å². The molecule has 0 saturated carbocycles. The summed E-state index contributed by atoms with van der Waals surface area (Å²) in [5, 5.41) is 7.25. The summed E-state index contributed by atoms with van der Waals surface area (Å²) >= 11 is 0. The summed E-state index contributed by atoms with van der Waals surface area (Å²) in [7, 11) is 3.62. The molecule has 1 aromatic heterocycles. The highest BCUT2D eigenvalue weighted by Crippen LogP contribution is 2.23. The number of halogens is 2. The third-order valence-corrected chi connectivity index (χ3v) is 3.47. The number of hydrogen-bond donors (Lipinski definition) is 1. The Kier molecular flexibility index (Phi) is 3.95. The fourth-order valence-corrected chi connectivity index (χ4v) is 2.16. The van der Waals surface area contributed by atoms with Gasteiger partial charge < -0.3 is 5.32 Å². The second kappa shape index (κ2) is 5.48. The summed E-state index contributed by atoms with van der Waals surface area (Å²) in [6.07, 6.45) is 1.98. The van der Waals surface area contributed by atoms with Gasteiger partial charge in [-0.1, -0.05) is 6.07 Å². The van der Waals surface area contributed by atoms with Crippen LogP contribution >= 0.6 is 0 Å². The SMILES string of the molecule is CNC(Cc1c(F)cccc1F)c1cnn(C)c1C. The topological polar surface area (TPSA) is 29.9 Å². The van der Waals surface area contributed by atoms with Crippen LogP contribution in [-0.4, -0.2) is 16.8 Å². The van der Waals surface area contributed by atoms with Crippen molar-refractivity contribution in [3.63, 3.8) is 0 Å². The van der Waals surface area contributed by atoms with Crippen molar-refractivity contribution in [3.05, 3.63) is 52.9 Å². The van der Waals surface area contributed by atoms with Gasteiger partial charge in [0.15, 0.2) is 0 Å². The van der Waals surface area contributed by atoms with Crippen LogP contribution in [0.15, 0.2) is 24.4 Å². The first-order valence-corrected chi connectivity index (χ1v) is 6.13. The molecule has 2 rings (SSSR count). The molecule has 1 unspecified atom stereocenters. The maximum Gasteiger partial charge on any atom is 0.129 e. The van der Waals surface area contributed by atoms with Crippen LogP contribution in [0.4, 0.5) is 8.78 Å². The van der Waals surface area contributed by atoms with E-state index >= 15 is 0 Å². The number of benzene rings is 1. The Morgan fingerprint density at radius 3 is 2.42 bits per heavy atom. The van der Waals surface area contributed by atoms with E-state index in [1.165, 1.54) is 18.2 Å². The lowest BCUT2D eigenvalue weighted by atomic mass is 9.99. The Morgan fingerprint density at radius 1 is 1.32 bits per heavy atom. The average Bonchev–Trinajstić information content (AvgIpc) is 2.71. The van der Waals surface area contributed by atoms with Crippen LogP contribution in [0.5, 0.6) is 0 Å². The minimum absolute atomic E-state index is 0.102. The molecule has 0 spiro atoms. The predicted molar refractivity (Wildman–Crippen MR) is 69.8 cm³/mol. The normalized spacial score (nSPS) is 12.7. The van der Waals surface area contributed by atoms with Crippen molar-refractivity contribution >= 4 is 0 Å². The molecule has 5 heteroatoms. The summed E-state index contributed by atoms with van der Waals surface area (Å²) in [6, 6.07) is 3.76. The van der Waals surface area contributed by atoms with E-state index in [1.54, 1.807) is 17.9 Å². The Bertz CT molecular complexity index is 558. The number of aryl methyl sites for hydroxylation is 1. The highest BCUT2D eigenvalue weighted by molar-refractivity contribution is 5.26. The molecule has 1 aromatic carbocycles. The lowest BCUT2D eigenvalue weighted by Crippen LogP contribution is -2.20. The van der Waals surface area contributed by atoms with Crippen molar-refractivity contribution in [1.82, 2.24) is 15.1 Å². The molecule has 0 aliphatic carbocycles. The van der Waals surface area contributed by atoms with E-state index in [-0.39, 0.29) is 18.0 Å². The molecule has 0 aliphatic rings. The Hall–Kier alpha value is -1.75. The number of rotatable bonds is 4. The number of hydrogen-bond acceptors (Lipinski definition) is 2. The van der Waals surface area contributed by atoms with Crippen LogP contribution in [0, 0.1) is 18.6 Å². The summed E-state index contributed by atoms with van der Waals surface area (Å²) in [5.41, 5.74) is 2.04. The first-order chi connectivity index (χ1) is 9.04. The van der Waals surface area contributed by atoms with E-state index in [0.717, 1.165) is 11.3 Å². The quantitative estimate of drug-likeness (QED) is 0.920. The molecule has 102 valence electrons. The monoisotopic (exact) mass is 265 g/mol. The Labute approximate surface area is 111 Å². The second-order valence-corrected chi connectivity index (χ2v) is 4.55. The van der Waals surface area contributed by atoms with Crippen molar-refractivity contribution < 1.29 is 8.78 Å². The summed E-state index contributed by atoms with van der Waals surface area (Å²) in [6.45, 7) is 1.93. The zero-order chi connectivity index (χ0) is 14.0. The first kappa shape index (κ1) is 13.7. The molecule has 0 fully saturated rings. The number of aromatic nitrogens is 2. The molecular weight excluding hydrogens is 248 g/mol. The van der Waals surface area contributed by atoms with Gasteiger partial charge in [0.05, 0.1) is 6.20 Å². The lowest BCUT2D eigenvalue weighted by Gasteiger charge is -2.17. The van der Waals surface area contributed by atoms with Crippen molar-refractivity contribution in [2.75, 3.05) is 7.05 Å². The molecule has 0 bridgehead atoms. The fraction of sp³-hybridized carbons (Fsp3) is 0.357. The molecule has 0 aliphatic heterocycles. The van der Waals surface area contributed by atoms with Gasteiger partial charge in [0, 0.05) is 29.9 Å². The minimum Gasteiger partial charge on any atom is -0.313 e. The van der Waals surface area contributed by atoms with E-state index in [9.17, 15) is 8.78 Å². The molecule has 3 nitrogen and oxygen atoms in total. The van der Waals surface area contributed by atoms with Crippen LogP contribution in [0.2, 0.25) is 0 Å². The molecular formula is C14H17F2N3. The van der Waals surface area contributed by atoms with E-state index in [1.807, 2.05) is 14.0 Å². The molecule has 1 atom stereocenters. The molecule has 1 N–H and O–H groups in total. The third-order valence-electron chi connectivity index (χ3n) is 3.47. The van der Waals surface area contributed by atoms with Crippen LogP contribution in [0.3, 0.4) is 0 Å². The highest BCUT2D eigenvalue weighted by atomic mass is 19.1. The minimum atomic E-state index is -0.512. The van der Waals surface area contributed by atoms with Gasteiger partial charge in [-0.25, -0.2) is 8.78 Å². The smallest absolute Gasteiger partial charge is 0.129 e. The van der Waals surface area contributed by atoms with E-state index in [4.69, 9.17) is 0 Å². The van der Waals surface area contributed by atoms with Gasteiger partial charge in [-0.2, -0.15) is 5.10 Å². The summed E-state index contributed by atoms with van der Waals surface area (Å²) < 4.78 is 29.1. The molecule has 2 aromatic rings. The number of likely N-dealkylation sites (N-methyl/N-ethyl adjacent to an activating group) is 1. The fourth-order valence-electron chi connectivity index (χ4n) is 2.16. The maximum atomic E-state index is 13.7. The molecule has 19 heavy (non-hydrogen) atoms. The van der Waals surface area contributed by atoms with Gasteiger partial charge in [-0.05, 0) is 32.5 Å². The molecule has 0 saturated heterocycles. The van der Waals surface area contributed by atoms with E-state index in [0.29, 0.717) is 0 Å². The number of nitrogens with zero attached hydrogens (tertiary/aromatic N) is 2. The number of nitrogens with one attached hydrogen (secondary N) is 1. The van der Waals surface area contributed by atoms with Crippen molar-refractivity contribution in [2.45, 2.75) is 19.4 Å². The van der Waals surface area contributed by atoms with Gasteiger partial charge in [-0.3, -0.25) is 4.68 Å². The zero-order valence-electron chi connectivity index (χ0n) is 11.2. The Balaban J connectivity index is 2.32. The zero-order valence-corrected chi connectivity index (χ0v) is 11.2. The van der Waals surface area contributed by atoms with Crippen LogP contribution in [0.1, 0.15) is 22.9 Å². The lowest BCUT2D eigenvalue weighted by molar-refractivity contribution is 0.514. The van der Waals surface area contributed by atoms with Gasteiger partial charge in [0.2, 0.25) is 0 Å². The van der Waals surface area contributed by atoms with Crippen LogP contribution in [0.25, 0.3) is 0 Å². The third kappa shape index (κ3) is 2.66. The summed E-state index contributed by atoms with van der Waals surface area (Å²) in [4.78, 5) is 0. The highest BCUT2D eigenvalue weighted by Gasteiger charge is 2.19. The standard InChI is InChI=1S/C14H17F2N3/c1-9-11(8-18-19(9)3)14(17-2)7-10-12(15)5-4-6-13(10)16/h4-6,8,14,17H,7H2,1-3H3. The average molecular weight is 265 g/mol. The second-order valence-electron chi connectivity index (χ2n) is 4.55. The first-order valence-electron chi connectivity index (χ1n) is 6.13. The van der Waals surface area contributed by atoms with Crippen molar-refractivity contribution in [3.8, 4) is 0 Å². The van der Waals surface area contributed by atoms with Gasteiger partial charge in [0.1, 0.15) is 11.6 Å².